The first kappa shape index (κ1) is 25.8. The number of benzene rings is 2. The van der Waals surface area contributed by atoms with E-state index in [4.69, 9.17) is 9.84 Å². The minimum Gasteiger partial charge on any atom is -0.492 e. The number of ether oxygens (including phenoxy) is 1. The van der Waals surface area contributed by atoms with Gasteiger partial charge in [0.25, 0.3) is 0 Å². The average molecular weight is 478 g/mol. The van der Waals surface area contributed by atoms with Gasteiger partial charge in [0.2, 0.25) is 5.91 Å². The molecule has 35 heavy (non-hydrogen) atoms. The van der Waals surface area contributed by atoms with Crippen LogP contribution in [0.5, 0.6) is 5.75 Å². The number of anilines is 2. The SMILES string of the molecule is CCOc1ccccc1NC(=O)N(CC)CC(=O)Nc1cc(C(C)(C)C)nn1-c1cccc(C)c1. The number of hydrogen-bond donors (Lipinski definition) is 2. The van der Waals surface area contributed by atoms with Gasteiger partial charge in [-0.15, -0.1) is 0 Å². The van der Waals surface area contributed by atoms with Crippen LogP contribution in [-0.2, 0) is 10.2 Å². The highest BCUT2D eigenvalue weighted by Gasteiger charge is 2.23. The summed E-state index contributed by atoms with van der Waals surface area (Å²) in [6.07, 6.45) is 0. The van der Waals surface area contributed by atoms with E-state index >= 15 is 0 Å². The van der Waals surface area contributed by atoms with Crippen molar-refractivity contribution in [1.29, 1.82) is 0 Å². The third-order valence-electron chi connectivity index (χ3n) is 5.42. The molecule has 1 heterocycles. The van der Waals surface area contributed by atoms with Gasteiger partial charge in [-0.25, -0.2) is 9.48 Å². The number of aryl methyl sites for hydroxylation is 1. The largest absolute Gasteiger partial charge is 0.492 e. The molecule has 3 rings (SSSR count). The Morgan fingerprint density at radius 2 is 1.77 bits per heavy atom. The number of nitrogens with zero attached hydrogens (tertiary/aromatic N) is 3. The van der Waals surface area contributed by atoms with Crippen LogP contribution in [0.1, 0.15) is 45.9 Å². The van der Waals surface area contributed by atoms with E-state index in [1.54, 1.807) is 16.8 Å². The second kappa shape index (κ2) is 11.1. The van der Waals surface area contributed by atoms with Crippen molar-refractivity contribution < 1.29 is 14.3 Å². The first-order valence-corrected chi connectivity index (χ1v) is 11.9. The summed E-state index contributed by atoms with van der Waals surface area (Å²) >= 11 is 0. The number of rotatable bonds is 8. The molecule has 2 aromatic carbocycles. The van der Waals surface area contributed by atoms with Crippen LogP contribution < -0.4 is 15.4 Å². The fourth-order valence-electron chi connectivity index (χ4n) is 3.52. The molecule has 3 amide bonds. The second-order valence-electron chi connectivity index (χ2n) is 9.34. The third kappa shape index (κ3) is 6.62. The molecule has 1 aromatic heterocycles. The topological polar surface area (TPSA) is 88.5 Å². The van der Waals surface area contributed by atoms with E-state index in [9.17, 15) is 9.59 Å². The number of hydrogen-bond acceptors (Lipinski definition) is 4. The third-order valence-corrected chi connectivity index (χ3v) is 5.42. The van der Waals surface area contributed by atoms with E-state index in [0.717, 1.165) is 16.9 Å². The van der Waals surface area contributed by atoms with Crippen molar-refractivity contribution in [1.82, 2.24) is 14.7 Å². The molecule has 186 valence electrons. The predicted molar refractivity (Wildman–Crippen MR) is 140 cm³/mol. The van der Waals surface area contributed by atoms with Crippen LogP contribution in [0, 0.1) is 6.92 Å². The van der Waals surface area contributed by atoms with Crippen LogP contribution in [-0.4, -0.2) is 46.3 Å². The Bertz CT molecular complexity index is 1180. The Hall–Kier alpha value is -3.81. The maximum Gasteiger partial charge on any atom is 0.322 e. The van der Waals surface area contributed by atoms with Crippen molar-refractivity contribution in [2.75, 3.05) is 30.3 Å². The fraction of sp³-hybridized carbons (Fsp3) is 0.370. The number of nitrogens with one attached hydrogen (secondary N) is 2. The van der Waals surface area contributed by atoms with Gasteiger partial charge in [-0.1, -0.05) is 45.0 Å². The van der Waals surface area contributed by atoms with E-state index < -0.39 is 0 Å². The maximum atomic E-state index is 13.0. The molecule has 0 saturated heterocycles. The normalized spacial score (nSPS) is 11.1. The smallest absolute Gasteiger partial charge is 0.322 e. The molecular formula is C27H35N5O3. The summed E-state index contributed by atoms with van der Waals surface area (Å²) in [5.74, 6) is 0.832. The van der Waals surface area contributed by atoms with Gasteiger partial charge >= 0.3 is 6.03 Å². The number of carbonyl (C=O) groups is 2. The molecule has 0 spiro atoms. The van der Waals surface area contributed by atoms with Gasteiger partial charge in [-0.3, -0.25) is 4.79 Å². The van der Waals surface area contributed by atoms with E-state index in [1.807, 2.05) is 63.2 Å². The van der Waals surface area contributed by atoms with Crippen LogP contribution in [0.4, 0.5) is 16.3 Å². The summed E-state index contributed by atoms with van der Waals surface area (Å²) < 4.78 is 7.32. The Labute approximate surface area is 207 Å². The molecule has 0 saturated carbocycles. The zero-order chi connectivity index (χ0) is 25.6. The Balaban J connectivity index is 1.78. The molecule has 0 bridgehead atoms. The molecule has 0 aliphatic carbocycles. The minimum absolute atomic E-state index is 0.108. The molecule has 8 nitrogen and oxygen atoms in total. The molecular weight excluding hydrogens is 442 g/mol. The van der Waals surface area contributed by atoms with Gasteiger partial charge in [0.05, 0.1) is 23.7 Å². The number of aromatic nitrogens is 2. The zero-order valence-electron chi connectivity index (χ0n) is 21.4. The van der Waals surface area contributed by atoms with E-state index in [0.29, 0.717) is 30.4 Å². The maximum absolute atomic E-state index is 13.0. The molecule has 0 unspecified atom stereocenters. The van der Waals surface area contributed by atoms with Crippen LogP contribution >= 0.6 is 0 Å². The molecule has 0 fully saturated rings. The molecule has 3 aromatic rings. The number of urea groups is 1. The molecule has 2 N–H and O–H groups in total. The Morgan fingerprint density at radius 3 is 2.43 bits per heavy atom. The summed E-state index contributed by atoms with van der Waals surface area (Å²) in [5.41, 5.74) is 3.16. The molecule has 0 radical (unpaired) electrons. The lowest BCUT2D eigenvalue weighted by molar-refractivity contribution is -0.116. The highest BCUT2D eigenvalue weighted by molar-refractivity contribution is 5.97. The zero-order valence-corrected chi connectivity index (χ0v) is 21.4. The van der Waals surface area contributed by atoms with Crippen LogP contribution in [0.25, 0.3) is 5.69 Å². The summed E-state index contributed by atoms with van der Waals surface area (Å²) in [7, 11) is 0. The highest BCUT2D eigenvalue weighted by atomic mass is 16.5. The molecule has 0 aliphatic heterocycles. The van der Waals surface area contributed by atoms with E-state index in [-0.39, 0.29) is 23.9 Å². The fourth-order valence-corrected chi connectivity index (χ4v) is 3.52. The van der Waals surface area contributed by atoms with Crippen molar-refractivity contribution in [2.45, 2.75) is 47.0 Å². The van der Waals surface area contributed by atoms with Crippen LogP contribution in [0.15, 0.2) is 54.6 Å². The van der Waals surface area contributed by atoms with Gasteiger partial charge in [0.15, 0.2) is 0 Å². The second-order valence-corrected chi connectivity index (χ2v) is 9.34. The van der Waals surface area contributed by atoms with Crippen molar-refractivity contribution in [3.8, 4) is 11.4 Å². The van der Waals surface area contributed by atoms with Gasteiger partial charge < -0.3 is 20.3 Å². The van der Waals surface area contributed by atoms with Crippen LogP contribution in [0.2, 0.25) is 0 Å². The predicted octanol–water partition coefficient (Wildman–Crippen LogP) is 5.37. The number of carbonyl (C=O) groups excluding carboxylic acids is 2. The van der Waals surface area contributed by atoms with Crippen molar-refractivity contribution >= 4 is 23.4 Å². The quantitative estimate of drug-likeness (QED) is 0.457. The van der Waals surface area contributed by atoms with E-state index in [1.165, 1.54) is 4.90 Å². The molecule has 0 aliphatic rings. The van der Waals surface area contributed by atoms with Crippen LogP contribution in [0.3, 0.4) is 0 Å². The first-order chi connectivity index (χ1) is 16.6. The summed E-state index contributed by atoms with van der Waals surface area (Å²) in [4.78, 5) is 27.4. The highest BCUT2D eigenvalue weighted by Crippen LogP contribution is 2.27. The minimum atomic E-state index is -0.377. The van der Waals surface area contributed by atoms with Crippen molar-refractivity contribution in [3.63, 3.8) is 0 Å². The lowest BCUT2D eigenvalue weighted by atomic mass is 9.92. The lowest BCUT2D eigenvalue weighted by Gasteiger charge is -2.22. The molecule has 0 atom stereocenters. The van der Waals surface area contributed by atoms with Gasteiger partial charge in [0.1, 0.15) is 18.1 Å². The van der Waals surface area contributed by atoms with Gasteiger partial charge in [0, 0.05) is 18.0 Å². The summed E-state index contributed by atoms with van der Waals surface area (Å²) in [6, 6.07) is 16.7. The number of amides is 3. The number of para-hydroxylation sites is 2. The first-order valence-electron chi connectivity index (χ1n) is 11.9. The monoisotopic (exact) mass is 477 g/mol. The lowest BCUT2D eigenvalue weighted by Crippen LogP contribution is -2.40. The van der Waals surface area contributed by atoms with Gasteiger partial charge in [-0.2, -0.15) is 5.10 Å². The van der Waals surface area contributed by atoms with Crippen molar-refractivity contribution in [2.24, 2.45) is 0 Å². The Kier molecular flexibility index (Phi) is 8.17. The van der Waals surface area contributed by atoms with Crippen molar-refractivity contribution in [3.05, 3.63) is 65.9 Å². The summed E-state index contributed by atoms with van der Waals surface area (Å²) in [6.45, 7) is 12.7. The Morgan fingerprint density at radius 1 is 1.03 bits per heavy atom. The average Bonchev–Trinajstić information content (AvgIpc) is 3.23. The number of likely N-dealkylation sites (N-methyl/N-ethyl adjacent to an activating group) is 1. The van der Waals surface area contributed by atoms with Gasteiger partial charge in [-0.05, 0) is 50.6 Å². The summed E-state index contributed by atoms with van der Waals surface area (Å²) in [5, 5.41) is 10.6. The standard InChI is InChI=1S/C27H35N5O3/c1-7-31(26(34)28-21-14-9-10-15-22(21)35-8-2)18-25(33)29-24-17-23(27(4,5)6)30-32(24)20-13-11-12-19(3)16-20/h9-17H,7-8,18H2,1-6H3,(H,28,34)(H,29,33). The van der Waals surface area contributed by atoms with E-state index in [2.05, 4.69) is 31.4 Å². The molecule has 8 heteroatoms.